The molecule has 6 aliphatic rings. The molecule has 2 aromatic heterocycles. The first-order valence-electron chi connectivity index (χ1n) is 25.0. The summed E-state index contributed by atoms with van der Waals surface area (Å²) in [6.07, 6.45) is 1.45. The van der Waals surface area contributed by atoms with Gasteiger partial charge in [0.15, 0.2) is 0 Å². The molecule has 4 amide bonds. The first-order valence-corrected chi connectivity index (χ1v) is 25.8. The standard InChI is InChI=1S/C52H59Cl2N7O10.ClH/c53-41-27-33(31-7-1-3-9-37(31)57-41)51(66)70-39-25-29-23-35(39)45(43(29)47(62)55-11-5-13-60-15-19-68-20-16-60)49(64)59-50(65)46-36-24-30(44(46)48(63)56-12-6-14-61-17-21-69-22-18-61)26-40(36)71-52(67)34-28-42(54)58-38-10-4-2-8-32(34)38;/h1-4,7-10,27-30,35-36,39-40,43-46H,5-6,11-26H2,(H,55,62)(H,56,63)(H,59,64,65);1H. The molecule has 4 bridgehead atoms. The molecule has 3 N–H and O–H groups in total. The van der Waals surface area contributed by atoms with Crippen molar-refractivity contribution in [1.82, 2.24) is 35.7 Å². The van der Waals surface area contributed by atoms with Crippen LogP contribution in [0.5, 0.6) is 0 Å². The van der Waals surface area contributed by atoms with Crippen LogP contribution in [-0.4, -0.2) is 146 Å². The van der Waals surface area contributed by atoms with E-state index in [-0.39, 0.29) is 57.5 Å². The minimum atomic E-state index is -1.03. The van der Waals surface area contributed by atoms with E-state index in [9.17, 15) is 28.8 Å². The minimum absolute atomic E-state index is 0. The third-order valence-electron chi connectivity index (χ3n) is 15.8. The average molecular weight is 1050 g/mol. The Kier molecular flexibility index (Phi) is 16.6. The van der Waals surface area contributed by atoms with Crippen LogP contribution in [-0.2, 0) is 38.1 Å². The molecule has 4 saturated carbocycles. The maximum Gasteiger partial charge on any atom is 0.339 e. The summed E-state index contributed by atoms with van der Waals surface area (Å²) in [5.41, 5.74) is 1.50. The number of aromatic nitrogens is 2. The molecule has 10 rings (SSSR count). The zero-order valence-electron chi connectivity index (χ0n) is 39.8. The van der Waals surface area contributed by atoms with Crippen molar-refractivity contribution in [3.05, 3.63) is 82.1 Å². The Hall–Kier alpha value is -5.01. The largest absolute Gasteiger partial charge is 0.458 e. The van der Waals surface area contributed by atoms with Crippen LogP contribution >= 0.6 is 35.6 Å². The first-order chi connectivity index (χ1) is 34.5. The smallest absolute Gasteiger partial charge is 0.339 e. The molecule has 4 heterocycles. The quantitative estimate of drug-likeness (QED) is 0.0576. The number of hydrogen-bond donors (Lipinski definition) is 3. The number of carbonyl (C=O) groups is 6. The maximum absolute atomic E-state index is 14.9. The number of fused-ring (bicyclic) bond motifs is 6. The van der Waals surface area contributed by atoms with Crippen molar-refractivity contribution in [2.45, 2.75) is 50.7 Å². The Morgan fingerprint density at radius 1 is 0.569 bits per heavy atom. The Labute approximate surface area is 433 Å². The molecule has 10 atom stereocenters. The molecule has 2 aromatic carbocycles. The highest BCUT2D eigenvalue weighted by Crippen LogP contribution is 2.56. The molecule has 17 nitrogen and oxygen atoms in total. The normalized spacial score (nSPS) is 27.8. The Morgan fingerprint density at radius 2 is 0.972 bits per heavy atom. The monoisotopic (exact) mass is 1050 g/mol. The Bertz CT molecular complexity index is 2510. The van der Waals surface area contributed by atoms with Gasteiger partial charge in [-0.25, -0.2) is 19.6 Å². The van der Waals surface area contributed by atoms with Crippen LogP contribution in [0.25, 0.3) is 21.8 Å². The fourth-order valence-electron chi connectivity index (χ4n) is 12.6. The summed E-state index contributed by atoms with van der Waals surface area (Å²) in [6, 6.07) is 17.1. The molecule has 4 aliphatic carbocycles. The van der Waals surface area contributed by atoms with E-state index in [0.29, 0.717) is 99.8 Å². The van der Waals surface area contributed by atoms with E-state index < -0.39 is 71.5 Å². The number of benzene rings is 2. The molecular formula is C52H60Cl3N7O10. The van der Waals surface area contributed by atoms with Crippen LogP contribution in [0.4, 0.5) is 0 Å². The van der Waals surface area contributed by atoms with Gasteiger partial charge in [0, 0.05) is 61.9 Å². The molecule has 20 heteroatoms. The van der Waals surface area contributed by atoms with E-state index in [2.05, 4.69) is 35.7 Å². The lowest BCUT2D eigenvalue weighted by atomic mass is 9.75. The van der Waals surface area contributed by atoms with Crippen LogP contribution in [0.1, 0.15) is 59.2 Å². The molecule has 0 radical (unpaired) electrons. The van der Waals surface area contributed by atoms with Crippen molar-refractivity contribution < 1.29 is 47.7 Å². The molecule has 2 aliphatic heterocycles. The number of carbonyl (C=O) groups excluding carboxylic acids is 6. The molecule has 384 valence electrons. The van der Waals surface area contributed by atoms with Gasteiger partial charge in [0.05, 0.1) is 72.3 Å². The number of ether oxygens (including phenoxy) is 4. The van der Waals surface area contributed by atoms with Crippen LogP contribution < -0.4 is 16.0 Å². The number of morpholine rings is 2. The predicted octanol–water partition coefficient (Wildman–Crippen LogP) is 5.13. The number of esters is 2. The number of pyridine rings is 2. The summed E-state index contributed by atoms with van der Waals surface area (Å²) >= 11 is 12.7. The van der Waals surface area contributed by atoms with E-state index in [1.807, 2.05) is 0 Å². The van der Waals surface area contributed by atoms with Crippen LogP contribution in [0, 0.1) is 47.3 Å². The maximum atomic E-state index is 14.9. The van der Waals surface area contributed by atoms with Gasteiger partial charge >= 0.3 is 11.9 Å². The minimum Gasteiger partial charge on any atom is -0.458 e. The second kappa shape index (κ2) is 23.0. The highest BCUT2D eigenvalue weighted by Gasteiger charge is 2.62. The van der Waals surface area contributed by atoms with Crippen molar-refractivity contribution >= 4 is 93.0 Å². The highest BCUT2D eigenvalue weighted by atomic mass is 35.5. The van der Waals surface area contributed by atoms with Crippen molar-refractivity contribution in [2.24, 2.45) is 47.3 Å². The van der Waals surface area contributed by atoms with Gasteiger partial charge in [0.2, 0.25) is 23.6 Å². The zero-order valence-corrected chi connectivity index (χ0v) is 42.1. The van der Waals surface area contributed by atoms with Crippen molar-refractivity contribution in [3.8, 4) is 0 Å². The van der Waals surface area contributed by atoms with E-state index in [0.717, 1.165) is 39.3 Å². The Morgan fingerprint density at radius 3 is 1.39 bits per heavy atom. The molecule has 2 saturated heterocycles. The average Bonchev–Trinajstić information content (AvgIpc) is 4.17. The van der Waals surface area contributed by atoms with Gasteiger partial charge in [-0.05, 0) is 87.7 Å². The van der Waals surface area contributed by atoms with Crippen LogP contribution in [0.15, 0.2) is 60.7 Å². The van der Waals surface area contributed by atoms with Gasteiger partial charge in [0.1, 0.15) is 22.5 Å². The van der Waals surface area contributed by atoms with Crippen molar-refractivity contribution in [1.29, 1.82) is 0 Å². The number of rotatable bonds is 16. The fourth-order valence-corrected chi connectivity index (χ4v) is 13.0. The van der Waals surface area contributed by atoms with Gasteiger partial charge in [-0.15, -0.1) is 12.4 Å². The predicted molar refractivity (Wildman–Crippen MR) is 268 cm³/mol. The number of para-hydroxylation sites is 2. The summed E-state index contributed by atoms with van der Waals surface area (Å²) in [4.78, 5) is 99.5. The third kappa shape index (κ3) is 11.1. The molecule has 6 fully saturated rings. The third-order valence-corrected chi connectivity index (χ3v) is 16.2. The molecule has 4 aromatic rings. The van der Waals surface area contributed by atoms with E-state index >= 15 is 0 Å². The topological polar surface area (TPSA) is 208 Å². The van der Waals surface area contributed by atoms with E-state index in [4.69, 9.17) is 42.1 Å². The second-order valence-corrected chi connectivity index (χ2v) is 20.6. The molecule has 72 heavy (non-hydrogen) atoms. The van der Waals surface area contributed by atoms with Gasteiger partial charge in [-0.2, -0.15) is 0 Å². The summed E-state index contributed by atoms with van der Waals surface area (Å²) in [6.45, 7) is 8.26. The lowest BCUT2D eigenvalue weighted by Crippen LogP contribution is -2.53. The second-order valence-electron chi connectivity index (χ2n) is 19.9. The van der Waals surface area contributed by atoms with Gasteiger partial charge in [-0.3, -0.25) is 34.3 Å². The summed E-state index contributed by atoms with van der Waals surface area (Å²) < 4.78 is 23.4. The SMILES string of the molecule is Cl.O=C(OC1CC2CC1C(C(=O)NC(=O)C1C3CC(CC3OC(=O)c3cc(Cl)nc4ccccc34)C1C(=O)NCCCN1CCOCC1)C2C(=O)NCCCN1CCOCC1)c1cc(Cl)nc2ccccc12. The van der Waals surface area contributed by atoms with Crippen LogP contribution in [0.3, 0.4) is 0 Å². The molecule has 0 spiro atoms. The summed E-state index contributed by atoms with van der Waals surface area (Å²) in [5.74, 6) is -8.70. The highest BCUT2D eigenvalue weighted by molar-refractivity contribution is 6.31. The lowest BCUT2D eigenvalue weighted by molar-refractivity contribution is -0.147. The number of halogens is 3. The van der Waals surface area contributed by atoms with Crippen LogP contribution in [0.2, 0.25) is 10.3 Å². The molecular weight excluding hydrogens is 989 g/mol. The number of nitrogens with one attached hydrogen (secondary N) is 3. The van der Waals surface area contributed by atoms with E-state index in [1.165, 1.54) is 12.1 Å². The van der Waals surface area contributed by atoms with Gasteiger partial charge in [-0.1, -0.05) is 59.6 Å². The number of hydrogen-bond acceptors (Lipinski definition) is 14. The van der Waals surface area contributed by atoms with Crippen molar-refractivity contribution in [3.63, 3.8) is 0 Å². The number of imide groups is 1. The van der Waals surface area contributed by atoms with Crippen molar-refractivity contribution in [2.75, 3.05) is 78.8 Å². The zero-order chi connectivity index (χ0) is 49.2. The van der Waals surface area contributed by atoms with E-state index in [1.54, 1.807) is 48.5 Å². The fraction of sp³-hybridized carbons (Fsp3) is 0.538. The number of nitrogens with zero attached hydrogens (tertiary/aromatic N) is 4. The number of amides is 4. The van der Waals surface area contributed by atoms with Gasteiger partial charge < -0.3 is 29.6 Å². The van der Waals surface area contributed by atoms with Gasteiger partial charge in [0.25, 0.3) is 0 Å². The Balaban J connectivity index is 0.00000640. The molecule has 10 unspecified atom stereocenters. The first kappa shape index (κ1) is 51.9. The summed E-state index contributed by atoms with van der Waals surface area (Å²) in [7, 11) is 0. The lowest BCUT2D eigenvalue weighted by Gasteiger charge is -2.36. The summed E-state index contributed by atoms with van der Waals surface area (Å²) in [5, 5.41) is 10.2.